The van der Waals surface area contributed by atoms with Crippen molar-refractivity contribution in [1.82, 2.24) is 19.6 Å². The summed E-state index contributed by atoms with van der Waals surface area (Å²) in [7, 11) is 0. The van der Waals surface area contributed by atoms with Gasteiger partial charge in [-0.05, 0) is 57.2 Å². The van der Waals surface area contributed by atoms with Gasteiger partial charge in [-0.15, -0.1) is 0 Å². The van der Waals surface area contributed by atoms with Gasteiger partial charge in [-0.25, -0.2) is 4.68 Å². The van der Waals surface area contributed by atoms with Gasteiger partial charge in [0, 0.05) is 25.6 Å². The van der Waals surface area contributed by atoms with E-state index < -0.39 is 0 Å². The van der Waals surface area contributed by atoms with Crippen LogP contribution < -0.4 is 5.32 Å². The highest BCUT2D eigenvalue weighted by Crippen LogP contribution is 2.27. The van der Waals surface area contributed by atoms with Gasteiger partial charge in [0.25, 0.3) is 0 Å². The second-order valence-electron chi connectivity index (χ2n) is 9.24. The fraction of sp³-hybridized carbons (Fsp3) is 0.577. The monoisotopic (exact) mass is 451 g/mol. The summed E-state index contributed by atoms with van der Waals surface area (Å²) < 4.78 is 1.94. The Morgan fingerprint density at radius 3 is 2.58 bits per heavy atom. The fourth-order valence-corrected chi connectivity index (χ4v) is 5.20. The van der Waals surface area contributed by atoms with Gasteiger partial charge in [-0.3, -0.25) is 14.5 Å². The fourth-order valence-electron chi connectivity index (χ4n) is 5.20. The molecule has 0 saturated carbocycles. The molecule has 4 rings (SSSR count). The molecule has 2 fully saturated rings. The minimum Gasteiger partial charge on any atom is -0.341 e. The maximum atomic E-state index is 13.1. The van der Waals surface area contributed by atoms with Gasteiger partial charge in [-0.1, -0.05) is 43.7 Å². The van der Waals surface area contributed by atoms with Crippen LogP contribution in [0.4, 0.5) is 5.82 Å². The van der Waals surface area contributed by atoms with Crippen LogP contribution in [0.1, 0.15) is 63.5 Å². The maximum Gasteiger partial charge on any atom is 0.239 e. The normalized spacial score (nSPS) is 20.0. The summed E-state index contributed by atoms with van der Waals surface area (Å²) in [4.78, 5) is 30.0. The zero-order chi connectivity index (χ0) is 23.0. The van der Waals surface area contributed by atoms with Gasteiger partial charge in [0.05, 0.1) is 18.3 Å². The molecular weight excluding hydrogens is 414 g/mol. The SMILES string of the molecule is CCN1CCCCC1C(=O)N1CCC(n2nccc2NC(=O)CCCc2ccccc2)CC1. The molecule has 178 valence electrons. The van der Waals surface area contributed by atoms with E-state index in [2.05, 4.69) is 34.4 Å². The van der Waals surface area contributed by atoms with Crippen molar-refractivity contribution < 1.29 is 9.59 Å². The van der Waals surface area contributed by atoms with E-state index in [9.17, 15) is 9.59 Å². The molecule has 3 heterocycles. The molecule has 2 aromatic rings. The van der Waals surface area contributed by atoms with E-state index in [1.807, 2.05) is 33.8 Å². The lowest BCUT2D eigenvalue weighted by Crippen LogP contribution is -2.52. The molecule has 0 radical (unpaired) electrons. The first-order chi connectivity index (χ1) is 16.2. The highest BCUT2D eigenvalue weighted by Gasteiger charge is 2.33. The minimum absolute atomic E-state index is 0.0252. The molecule has 2 amide bonds. The number of benzene rings is 1. The Balaban J connectivity index is 1.26. The number of likely N-dealkylation sites (N-methyl/N-ethyl adjacent to an activating group) is 1. The van der Waals surface area contributed by atoms with E-state index >= 15 is 0 Å². The summed E-state index contributed by atoms with van der Waals surface area (Å²) in [6, 6.07) is 12.4. The summed E-state index contributed by atoms with van der Waals surface area (Å²) in [6.07, 6.45) is 9.00. The number of aryl methyl sites for hydroxylation is 1. The first kappa shape index (κ1) is 23.5. The van der Waals surface area contributed by atoms with Gasteiger partial charge < -0.3 is 10.2 Å². The third kappa shape index (κ3) is 6.02. The summed E-state index contributed by atoms with van der Waals surface area (Å²) >= 11 is 0. The third-order valence-corrected chi connectivity index (χ3v) is 7.08. The summed E-state index contributed by atoms with van der Waals surface area (Å²) in [5.41, 5.74) is 1.26. The first-order valence-electron chi connectivity index (χ1n) is 12.6. The molecule has 0 spiro atoms. The van der Waals surface area contributed by atoms with Crippen molar-refractivity contribution in [1.29, 1.82) is 0 Å². The molecule has 7 heteroatoms. The molecule has 1 aromatic carbocycles. The second-order valence-corrected chi connectivity index (χ2v) is 9.24. The van der Waals surface area contributed by atoms with Gasteiger partial charge >= 0.3 is 0 Å². The summed E-state index contributed by atoms with van der Waals surface area (Å²) in [6.45, 7) is 5.62. The predicted octanol–water partition coefficient (Wildman–Crippen LogP) is 3.88. The number of carbonyl (C=O) groups excluding carboxylic acids is 2. The molecule has 1 atom stereocenters. The molecule has 0 bridgehead atoms. The van der Waals surface area contributed by atoms with Crippen molar-refractivity contribution in [3.05, 3.63) is 48.2 Å². The van der Waals surface area contributed by atoms with E-state index in [4.69, 9.17) is 0 Å². The van der Waals surface area contributed by atoms with E-state index in [1.165, 1.54) is 12.0 Å². The number of hydrogen-bond donors (Lipinski definition) is 1. The standard InChI is InChI=1S/C26H37N5O2/c1-2-29-18-7-6-12-23(29)26(33)30-19-15-22(16-20-30)31-24(14-17-27-31)28-25(32)13-8-11-21-9-4-3-5-10-21/h3-5,9-10,14,17,22-23H,2,6-8,11-13,15-16,18-20H2,1H3,(H,28,32). The van der Waals surface area contributed by atoms with Crippen LogP contribution in [0.5, 0.6) is 0 Å². The van der Waals surface area contributed by atoms with Crippen LogP contribution in [0.2, 0.25) is 0 Å². The molecule has 2 aliphatic rings. The molecule has 1 unspecified atom stereocenters. The Labute approximate surface area is 197 Å². The Kier molecular flexibility index (Phi) is 8.15. The van der Waals surface area contributed by atoms with E-state index in [-0.39, 0.29) is 18.0 Å². The smallest absolute Gasteiger partial charge is 0.239 e. The number of hydrogen-bond acceptors (Lipinski definition) is 4. The Hall–Kier alpha value is -2.67. The van der Waals surface area contributed by atoms with Crippen LogP contribution in [0.15, 0.2) is 42.6 Å². The average molecular weight is 452 g/mol. The molecular formula is C26H37N5O2. The number of rotatable bonds is 8. The van der Waals surface area contributed by atoms with Crippen molar-refractivity contribution in [3.8, 4) is 0 Å². The average Bonchev–Trinajstić information content (AvgIpc) is 3.32. The number of likely N-dealkylation sites (tertiary alicyclic amines) is 2. The topological polar surface area (TPSA) is 70.5 Å². The van der Waals surface area contributed by atoms with Gasteiger partial charge in [0.2, 0.25) is 11.8 Å². The zero-order valence-corrected chi connectivity index (χ0v) is 19.8. The van der Waals surface area contributed by atoms with Crippen LogP contribution in [0, 0.1) is 0 Å². The Morgan fingerprint density at radius 2 is 1.82 bits per heavy atom. The quantitative estimate of drug-likeness (QED) is 0.661. The van der Waals surface area contributed by atoms with Crippen LogP contribution >= 0.6 is 0 Å². The van der Waals surface area contributed by atoms with E-state index in [0.717, 1.165) is 70.5 Å². The summed E-state index contributed by atoms with van der Waals surface area (Å²) in [5.74, 6) is 1.08. The third-order valence-electron chi connectivity index (χ3n) is 7.08. The molecule has 2 aliphatic heterocycles. The van der Waals surface area contributed by atoms with Crippen LogP contribution in [0.3, 0.4) is 0 Å². The van der Waals surface area contributed by atoms with Crippen molar-refractivity contribution in [2.45, 2.75) is 70.4 Å². The number of anilines is 1. The number of nitrogens with one attached hydrogen (secondary N) is 1. The van der Waals surface area contributed by atoms with Crippen LogP contribution in [-0.4, -0.2) is 63.6 Å². The molecule has 0 aliphatic carbocycles. The molecule has 2 saturated heterocycles. The highest BCUT2D eigenvalue weighted by molar-refractivity contribution is 5.89. The highest BCUT2D eigenvalue weighted by atomic mass is 16.2. The Bertz CT molecular complexity index is 904. The Morgan fingerprint density at radius 1 is 1.03 bits per heavy atom. The minimum atomic E-state index is 0.0252. The number of carbonyl (C=O) groups is 2. The van der Waals surface area contributed by atoms with Crippen LogP contribution in [0.25, 0.3) is 0 Å². The molecule has 7 nitrogen and oxygen atoms in total. The zero-order valence-electron chi connectivity index (χ0n) is 19.8. The maximum absolute atomic E-state index is 13.1. The van der Waals surface area contributed by atoms with E-state index in [1.54, 1.807) is 6.20 Å². The first-order valence-corrected chi connectivity index (χ1v) is 12.6. The van der Waals surface area contributed by atoms with E-state index in [0.29, 0.717) is 12.3 Å². The molecule has 1 N–H and O–H groups in total. The molecule has 33 heavy (non-hydrogen) atoms. The van der Waals surface area contributed by atoms with Crippen molar-refractivity contribution in [3.63, 3.8) is 0 Å². The lowest BCUT2D eigenvalue weighted by atomic mass is 9.98. The number of piperidine rings is 2. The predicted molar refractivity (Wildman–Crippen MR) is 130 cm³/mol. The van der Waals surface area contributed by atoms with Crippen molar-refractivity contribution in [2.24, 2.45) is 0 Å². The number of nitrogens with zero attached hydrogens (tertiary/aromatic N) is 4. The number of amides is 2. The van der Waals surface area contributed by atoms with Crippen LogP contribution in [-0.2, 0) is 16.0 Å². The molecule has 1 aromatic heterocycles. The summed E-state index contributed by atoms with van der Waals surface area (Å²) in [5, 5.41) is 7.54. The second kappa shape index (κ2) is 11.5. The lowest BCUT2D eigenvalue weighted by Gasteiger charge is -2.39. The van der Waals surface area contributed by atoms with Gasteiger partial charge in [-0.2, -0.15) is 5.10 Å². The van der Waals surface area contributed by atoms with Crippen molar-refractivity contribution in [2.75, 3.05) is 31.5 Å². The van der Waals surface area contributed by atoms with Crippen molar-refractivity contribution >= 4 is 17.6 Å². The van der Waals surface area contributed by atoms with Gasteiger partial charge in [0.15, 0.2) is 0 Å². The largest absolute Gasteiger partial charge is 0.341 e. The lowest BCUT2D eigenvalue weighted by molar-refractivity contribution is -0.139. The number of aromatic nitrogens is 2. The van der Waals surface area contributed by atoms with Gasteiger partial charge in [0.1, 0.15) is 5.82 Å².